The van der Waals surface area contributed by atoms with Crippen LogP contribution in [0, 0.1) is 5.82 Å². The number of hydrogen-bond donors (Lipinski definition) is 0. The van der Waals surface area contributed by atoms with Crippen molar-refractivity contribution in [3.63, 3.8) is 0 Å². The van der Waals surface area contributed by atoms with Crippen molar-refractivity contribution >= 4 is 21.8 Å². The quantitative estimate of drug-likeness (QED) is 0.757. The second-order valence-corrected chi connectivity index (χ2v) is 5.72. The van der Waals surface area contributed by atoms with Gasteiger partial charge in [-0.15, -0.1) is 0 Å². The highest BCUT2D eigenvalue weighted by atomic mass is 79.9. The molecule has 3 nitrogen and oxygen atoms in total. The molecule has 1 amide bonds. The highest BCUT2D eigenvalue weighted by Crippen LogP contribution is 2.19. The van der Waals surface area contributed by atoms with Crippen LogP contribution in [-0.4, -0.2) is 24.5 Å². The van der Waals surface area contributed by atoms with Crippen molar-refractivity contribution in [1.82, 2.24) is 4.90 Å². The average molecular weight is 388 g/mol. The standard InChI is InChI=1S/C16H13BrF3NO2/c1-21(15(22)13-8-11(17)4-7-14(13)18)9-10-2-5-12(6-3-10)23-16(19)20/h2-8,16H,9H2,1H3. The number of carbonyl (C=O) groups excluding carboxylic acids is 1. The molecule has 0 radical (unpaired) electrons. The molecular formula is C16H13BrF3NO2. The summed E-state index contributed by atoms with van der Waals surface area (Å²) >= 11 is 3.20. The molecule has 0 aliphatic carbocycles. The number of nitrogens with zero attached hydrogens (tertiary/aromatic N) is 1. The van der Waals surface area contributed by atoms with E-state index in [1.165, 1.54) is 42.3 Å². The van der Waals surface area contributed by atoms with Crippen LogP contribution < -0.4 is 4.74 Å². The minimum absolute atomic E-state index is 0.0377. The average Bonchev–Trinajstić information content (AvgIpc) is 2.50. The van der Waals surface area contributed by atoms with Crippen LogP contribution in [0.4, 0.5) is 13.2 Å². The van der Waals surface area contributed by atoms with E-state index in [9.17, 15) is 18.0 Å². The Kier molecular flexibility index (Phi) is 5.65. The number of alkyl halides is 2. The van der Waals surface area contributed by atoms with E-state index in [2.05, 4.69) is 20.7 Å². The Morgan fingerprint density at radius 2 is 1.87 bits per heavy atom. The molecule has 0 saturated carbocycles. The van der Waals surface area contributed by atoms with Gasteiger partial charge in [-0.25, -0.2) is 4.39 Å². The van der Waals surface area contributed by atoms with Gasteiger partial charge in [-0.3, -0.25) is 4.79 Å². The van der Waals surface area contributed by atoms with E-state index in [0.717, 1.165) is 0 Å². The molecule has 0 atom stereocenters. The Bertz CT molecular complexity index is 692. The minimum atomic E-state index is -2.88. The van der Waals surface area contributed by atoms with Crippen molar-refractivity contribution in [1.29, 1.82) is 0 Å². The molecule has 2 rings (SSSR count). The van der Waals surface area contributed by atoms with Gasteiger partial charge in [0.1, 0.15) is 11.6 Å². The van der Waals surface area contributed by atoms with Gasteiger partial charge in [-0.2, -0.15) is 8.78 Å². The lowest BCUT2D eigenvalue weighted by molar-refractivity contribution is -0.0498. The van der Waals surface area contributed by atoms with Crippen LogP contribution in [0.15, 0.2) is 46.9 Å². The van der Waals surface area contributed by atoms with Gasteiger partial charge in [0.2, 0.25) is 0 Å². The first-order valence-electron chi connectivity index (χ1n) is 6.61. The maximum absolute atomic E-state index is 13.7. The summed E-state index contributed by atoms with van der Waals surface area (Å²) in [6, 6.07) is 10.0. The Hall–Kier alpha value is -2.02. The highest BCUT2D eigenvalue weighted by Gasteiger charge is 2.17. The number of rotatable bonds is 5. The van der Waals surface area contributed by atoms with E-state index in [-0.39, 0.29) is 17.9 Å². The number of ether oxygens (including phenoxy) is 1. The van der Waals surface area contributed by atoms with Crippen molar-refractivity contribution in [2.75, 3.05) is 7.05 Å². The largest absolute Gasteiger partial charge is 0.435 e. The first-order chi connectivity index (χ1) is 10.9. The second-order valence-electron chi connectivity index (χ2n) is 4.81. The molecule has 0 spiro atoms. The summed E-state index contributed by atoms with van der Waals surface area (Å²) in [5, 5.41) is 0. The molecule has 0 N–H and O–H groups in total. The lowest BCUT2D eigenvalue weighted by Gasteiger charge is -2.18. The van der Waals surface area contributed by atoms with Crippen LogP contribution >= 0.6 is 15.9 Å². The van der Waals surface area contributed by atoms with Gasteiger partial charge < -0.3 is 9.64 Å². The summed E-state index contributed by atoms with van der Waals surface area (Å²) in [6.45, 7) is -2.68. The van der Waals surface area contributed by atoms with E-state index in [1.807, 2.05) is 0 Å². The van der Waals surface area contributed by atoms with Crippen LogP contribution in [0.5, 0.6) is 5.75 Å². The van der Waals surface area contributed by atoms with Crippen molar-refractivity contribution in [2.45, 2.75) is 13.2 Å². The summed E-state index contributed by atoms with van der Waals surface area (Å²) in [7, 11) is 1.53. The van der Waals surface area contributed by atoms with Gasteiger partial charge in [-0.05, 0) is 35.9 Å². The molecule has 2 aromatic carbocycles. The molecule has 0 unspecified atom stereocenters. The van der Waals surface area contributed by atoms with Crippen molar-refractivity contribution in [2.24, 2.45) is 0 Å². The number of halogens is 4. The molecule has 0 aliphatic heterocycles. The molecule has 23 heavy (non-hydrogen) atoms. The normalized spacial score (nSPS) is 10.7. The molecular weight excluding hydrogens is 375 g/mol. The fourth-order valence-electron chi connectivity index (χ4n) is 1.99. The molecule has 0 fully saturated rings. The molecule has 0 saturated heterocycles. The zero-order valence-corrected chi connectivity index (χ0v) is 13.7. The lowest BCUT2D eigenvalue weighted by atomic mass is 10.1. The first kappa shape index (κ1) is 17.3. The van der Waals surface area contributed by atoms with Crippen molar-refractivity contribution in [3.05, 3.63) is 63.9 Å². The van der Waals surface area contributed by atoms with Crippen LogP contribution in [0.2, 0.25) is 0 Å². The Morgan fingerprint density at radius 1 is 1.22 bits per heavy atom. The first-order valence-corrected chi connectivity index (χ1v) is 7.40. The van der Waals surface area contributed by atoms with Gasteiger partial charge in [-0.1, -0.05) is 28.1 Å². The van der Waals surface area contributed by atoms with E-state index < -0.39 is 18.3 Å². The van der Waals surface area contributed by atoms with Gasteiger partial charge >= 0.3 is 6.61 Å². The Morgan fingerprint density at radius 3 is 2.48 bits per heavy atom. The molecule has 0 bridgehead atoms. The van der Waals surface area contributed by atoms with Gasteiger partial charge in [0.25, 0.3) is 5.91 Å². The van der Waals surface area contributed by atoms with E-state index in [4.69, 9.17) is 0 Å². The maximum atomic E-state index is 13.7. The molecule has 0 aromatic heterocycles. The van der Waals surface area contributed by atoms with E-state index in [0.29, 0.717) is 10.0 Å². The van der Waals surface area contributed by atoms with Gasteiger partial charge in [0.05, 0.1) is 5.56 Å². The predicted molar refractivity (Wildman–Crippen MR) is 83.0 cm³/mol. The third kappa shape index (κ3) is 4.72. The lowest BCUT2D eigenvalue weighted by Crippen LogP contribution is -2.27. The minimum Gasteiger partial charge on any atom is -0.435 e. The summed E-state index contributed by atoms with van der Waals surface area (Å²) in [4.78, 5) is 13.6. The summed E-state index contributed by atoms with van der Waals surface area (Å²) in [5.74, 6) is -1.04. The van der Waals surface area contributed by atoms with Crippen LogP contribution in [0.1, 0.15) is 15.9 Å². The van der Waals surface area contributed by atoms with Crippen LogP contribution in [0.25, 0.3) is 0 Å². The van der Waals surface area contributed by atoms with Gasteiger partial charge in [0, 0.05) is 18.1 Å². The molecule has 7 heteroatoms. The summed E-state index contributed by atoms with van der Waals surface area (Å²) in [5.41, 5.74) is 0.664. The third-order valence-corrected chi connectivity index (χ3v) is 3.57. The fourth-order valence-corrected chi connectivity index (χ4v) is 2.35. The zero-order valence-electron chi connectivity index (χ0n) is 12.1. The number of benzene rings is 2. The SMILES string of the molecule is CN(Cc1ccc(OC(F)F)cc1)C(=O)c1cc(Br)ccc1F. The van der Waals surface area contributed by atoms with Crippen LogP contribution in [0.3, 0.4) is 0 Å². The summed E-state index contributed by atoms with van der Waals surface area (Å²) < 4.78 is 42.8. The molecule has 0 heterocycles. The molecule has 122 valence electrons. The Labute approximate surface area is 139 Å². The van der Waals surface area contributed by atoms with Gasteiger partial charge in [0.15, 0.2) is 0 Å². The second kappa shape index (κ2) is 7.50. The van der Waals surface area contributed by atoms with Crippen LogP contribution in [-0.2, 0) is 6.54 Å². The van der Waals surface area contributed by atoms with E-state index >= 15 is 0 Å². The third-order valence-electron chi connectivity index (χ3n) is 3.07. The molecule has 0 aliphatic rings. The molecule has 2 aromatic rings. The maximum Gasteiger partial charge on any atom is 0.387 e. The van der Waals surface area contributed by atoms with Crippen molar-refractivity contribution in [3.8, 4) is 5.75 Å². The van der Waals surface area contributed by atoms with Crippen molar-refractivity contribution < 1.29 is 22.7 Å². The summed E-state index contributed by atoms with van der Waals surface area (Å²) in [6.07, 6.45) is 0. The topological polar surface area (TPSA) is 29.5 Å². The zero-order chi connectivity index (χ0) is 17.0. The predicted octanol–water partition coefficient (Wildman–Crippen LogP) is 4.46. The fraction of sp³-hybridized carbons (Fsp3) is 0.188. The number of amides is 1. The smallest absolute Gasteiger partial charge is 0.387 e. The monoisotopic (exact) mass is 387 g/mol. The van der Waals surface area contributed by atoms with E-state index in [1.54, 1.807) is 12.1 Å². The number of hydrogen-bond acceptors (Lipinski definition) is 2. The highest BCUT2D eigenvalue weighted by molar-refractivity contribution is 9.10. The number of carbonyl (C=O) groups is 1. The Balaban J connectivity index is 2.07.